The number of rotatable bonds is 4. The van der Waals surface area contributed by atoms with Crippen LogP contribution in [-0.4, -0.2) is 15.0 Å². The molecule has 0 bridgehead atoms. The predicted octanol–water partition coefficient (Wildman–Crippen LogP) is 1.80. The number of benzene rings is 1. The van der Waals surface area contributed by atoms with Gasteiger partial charge in [-0.3, -0.25) is 4.68 Å². The maximum Gasteiger partial charge on any atom is 0.123 e. The molecule has 0 saturated carbocycles. The lowest BCUT2D eigenvalue weighted by Gasteiger charge is -2.12. The van der Waals surface area contributed by atoms with Crippen LogP contribution in [0.2, 0.25) is 0 Å². The van der Waals surface area contributed by atoms with Crippen LogP contribution in [0.4, 0.5) is 4.39 Å². The molecule has 0 radical (unpaired) electrons. The third-order valence-electron chi connectivity index (χ3n) is 2.59. The molecule has 0 spiro atoms. The van der Waals surface area contributed by atoms with E-state index in [0.29, 0.717) is 6.54 Å². The van der Waals surface area contributed by atoms with E-state index >= 15 is 0 Å². The molecular weight excluding hydrogens is 219 g/mol. The predicted molar refractivity (Wildman–Crippen MR) is 62.7 cm³/mol. The molecule has 1 aromatic carbocycles. The zero-order valence-electron chi connectivity index (χ0n) is 9.89. The minimum Gasteiger partial charge on any atom is -0.304 e. The van der Waals surface area contributed by atoms with E-state index in [2.05, 4.69) is 15.6 Å². The van der Waals surface area contributed by atoms with Crippen molar-refractivity contribution >= 4 is 0 Å². The maximum atomic E-state index is 13.0. The average Bonchev–Trinajstić information content (AvgIpc) is 2.72. The summed E-state index contributed by atoms with van der Waals surface area (Å²) in [7, 11) is 1.83. The highest BCUT2D eigenvalue weighted by Crippen LogP contribution is 2.13. The summed E-state index contributed by atoms with van der Waals surface area (Å²) >= 11 is 0. The van der Waals surface area contributed by atoms with Crippen LogP contribution in [0, 0.1) is 5.82 Å². The fourth-order valence-electron chi connectivity index (χ4n) is 1.63. The quantitative estimate of drug-likeness (QED) is 0.877. The fourth-order valence-corrected chi connectivity index (χ4v) is 1.63. The van der Waals surface area contributed by atoms with E-state index in [1.807, 2.05) is 26.2 Å². The molecule has 4 nitrogen and oxygen atoms in total. The lowest BCUT2D eigenvalue weighted by Crippen LogP contribution is -2.18. The minimum atomic E-state index is -0.212. The van der Waals surface area contributed by atoms with E-state index in [-0.39, 0.29) is 11.9 Å². The topological polar surface area (TPSA) is 42.7 Å². The first kappa shape index (κ1) is 11.7. The van der Waals surface area contributed by atoms with Crippen LogP contribution in [0.15, 0.2) is 30.5 Å². The second kappa shape index (κ2) is 5.05. The van der Waals surface area contributed by atoms with Crippen LogP contribution in [0.3, 0.4) is 0 Å². The molecule has 0 fully saturated rings. The Balaban J connectivity index is 1.95. The molecule has 5 heteroatoms. The van der Waals surface area contributed by atoms with Gasteiger partial charge < -0.3 is 5.32 Å². The van der Waals surface area contributed by atoms with E-state index in [9.17, 15) is 4.39 Å². The molecule has 0 saturated heterocycles. The molecular formula is C12H15FN4. The number of hydrogen-bond acceptors (Lipinski definition) is 3. The van der Waals surface area contributed by atoms with E-state index in [4.69, 9.17) is 0 Å². The van der Waals surface area contributed by atoms with Gasteiger partial charge >= 0.3 is 0 Å². The van der Waals surface area contributed by atoms with Crippen LogP contribution in [0.5, 0.6) is 0 Å². The number of aryl methyl sites for hydroxylation is 1. The van der Waals surface area contributed by atoms with Gasteiger partial charge in [0, 0.05) is 25.8 Å². The van der Waals surface area contributed by atoms with Crippen LogP contribution >= 0.6 is 0 Å². The van der Waals surface area contributed by atoms with Crippen molar-refractivity contribution < 1.29 is 4.39 Å². The summed E-state index contributed by atoms with van der Waals surface area (Å²) in [6.45, 7) is 2.61. The summed E-state index contributed by atoms with van der Waals surface area (Å²) in [5, 5.41) is 11.1. The van der Waals surface area contributed by atoms with Gasteiger partial charge in [-0.1, -0.05) is 17.3 Å². The molecule has 0 aliphatic carbocycles. The Hall–Kier alpha value is -1.75. The van der Waals surface area contributed by atoms with Gasteiger partial charge in [0.15, 0.2) is 0 Å². The highest BCUT2D eigenvalue weighted by molar-refractivity contribution is 5.19. The Kier molecular flexibility index (Phi) is 3.49. The number of hydrogen-bond donors (Lipinski definition) is 1. The summed E-state index contributed by atoms with van der Waals surface area (Å²) in [5.74, 6) is -0.212. The van der Waals surface area contributed by atoms with E-state index in [0.717, 1.165) is 11.3 Å². The van der Waals surface area contributed by atoms with Crippen molar-refractivity contribution in [1.29, 1.82) is 0 Å². The molecule has 0 unspecified atom stereocenters. The molecule has 2 rings (SSSR count). The van der Waals surface area contributed by atoms with Gasteiger partial charge in [-0.05, 0) is 24.6 Å². The Bertz CT molecular complexity index is 495. The van der Waals surface area contributed by atoms with Gasteiger partial charge in [0.05, 0.1) is 5.69 Å². The highest BCUT2D eigenvalue weighted by Gasteiger charge is 2.06. The lowest BCUT2D eigenvalue weighted by molar-refractivity contribution is 0.558. The smallest absolute Gasteiger partial charge is 0.123 e. The molecule has 1 aromatic heterocycles. The molecule has 1 heterocycles. The van der Waals surface area contributed by atoms with Gasteiger partial charge in [0.25, 0.3) is 0 Å². The van der Waals surface area contributed by atoms with Crippen LogP contribution in [0.1, 0.15) is 24.2 Å². The van der Waals surface area contributed by atoms with Crippen molar-refractivity contribution in [2.45, 2.75) is 19.5 Å². The zero-order chi connectivity index (χ0) is 12.3. The van der Waals surface area contributed by atoms with Gasteiger partial charge in [0.2, 0.25) is 0 Å². The van der Waals surface area contributed by atoms with Crippen molar-refractivity contribution in [2.24, 2.45) is 7.05 Å². The van der Waals surface area contributed by atoms with Crippen molar-refractivity contribution in [3.63, 3.8) is 0 Å². The summed E-state index contributed by atoms with van der Waals surface area (Å²) < 4.78 is 14.7. The molecule has 1 N–H and O–H groups in total. The zero-order valence-corrected chi connectivity index (χ0v) is 9.89. The van der Waals surface area contributed by atoms with E-state index in [1.165, 1.54) is 12.1 Å². The Morgan fingerprint density at radius 1 is 1.47 bits per heavy atom. The normalized spacial score (nSPS) is 12.6. The molecule has 0 aliphatic heterocycles. The number of nitrogens with one attached hydrogen (secondary N) is 1. The summed E-state index contributed by atoms with van der Waals surface area (Å²) in [4.78, 5) is 0. The Morgan fingerprint density at radius 2 is 2.29 bits per heavy atom. The second-order valence-electron chi connectivity index (χ2n) is 4.04. The summed E-state index contributed by atoms with van der Waals surface area (Å²) in [5.41, 5.74) is 1.80. The first-order chi connectivity index (χ1) is 8.15. The molecule has 2 aromatic rings. The van der Waals surface area contributed by atoms with Crippen molar-refractivity contribution in [2.75, 3.05) is 0 Å². The van der Waals surface area contributed by atoms with Crippen LogP contribution in [-0.2, 0) is 13.6 Å². The standard InChI is InChI=1S/C12H15FN4/c1-9(10-4-3-5-11(13)6-10)14-7-12-8-17(2)16-15-12/h3-6,8-9,14H,7H2,1-2H3/t9-/m0/s1. The SMILES string of the molecule is C[C@H](NCc1cn(C)nn1)c1cccc(F)c1. The number of halogens is 1. The molecule has 1 atom stereocenters. The first-order valence-corrected chi connectivity index (χ1v) is 5.49. The van der Waals surface area contributed by atoms with E-state index in [1.54, 1.807) is 10.7 Å². The van der Waals surface area contributed by atoms with Crippen LogP contribution in [0.25, 0.3) is 0 Å². The van der Waals surface area contributed by atoms with Gasteiger partial charge in [0.1, 0.15) is 5.82 Å². The Morgan fingerprint density at radius 3 is 2.94 bits per heavy atom. The summed E-state index contributed by atoms with van der Waals surface area (Å²) in [6.07, 6.45) is 1.85. The lowest BCUT2D eigenvalue weighted by atomic mass is 10.1. The van der Waals surface area contributed by atoms with Crippen molar-refractivity contribution in [3.05, 3.63) is 47.5 Å². The Labute approximate surface area is 99.5 Å². The largest absolute Gasteiger partial charge is 0.304 e. The van der Waals surface area contributed by atoms with Gasteiger partial charge in [-0.2, -0.15) is 0 Å². The highest BCUT2D eigenvalue weighted by atomic mass is 19.1. The van der Waals surface area contributed by atoms with Crippen molar-refractivity contribution in [1.82, 2.24) is 20.3 Å². The molecule has 90 valence electrons. The number of aromatic nitrogens is 3. The van der Waals surface area contributed by atoms with Crippen molar-refractivity contribution in [3.8, 4) is 0 Å². The van der Waals surface area contributed by atoms with Crippen LogP contribution < -0.4 is 5.32 Å². The third-order valence-corrected chi connectivity index (χ3v) is 2.59. The fraction of sp³-hybridized carbons (Fsp3) is 0.333. The summed E-state index contributed by atoms with van der Waals surface area (Å²) in [6, 6.07) is 6.67. The van der Waals surface area contributed by atoms with Gasteiger partial charge in [-0.15, -0.1) is 5.10 Å². The second-order valence-corrected chi connectivity index (χ2v) is 4.04. The minimum absolute atomic E-state index is 0.0766. The third kappa shape index (κ3) is 3.10. The number of nitrogens with zero attached hydrogens (tertiary/aromatic N) is 3. The van der Waals surface area contributed by atoms with E-state index < -0.39 is 0 Å². The average molecular weight is 234 g/mol. The van der Waals surface area contributed by atoms with Gasteiger partial charge in [-0.25, -0.2) is 4.39 Å². The maximum absolute atomic E-state index is 13.0. The monoisotopic (exact) mass is 234 g/mol. The molecule has 0 aliphatic rings. The first-order valence-electron chi connectivity index (χ1n) is 5.49. The molecule has 17 heavy (non-hydrogen) atoms. The molecule has 0 amide bonds.